The molecule has 1 rings (SSSR count). The highest BCUT2D eigenvalue weighted by atomic mass is 35.5. The Bertz CT molecular complexity index is 494. The zero-order valence-electron chi connectivity index (χ0n) is 10.0. The molecule has 0 radical (unpaired) electrons. The van der Waals surface area contributed by atoms with Crippen molar-refractivity contribution in [1.82, 2.24) is 5.32 Å². The predicted octanol–water partition coefficient (Wildman–Crippen LogP) is 2.22. The van der Waals surface area contributed by atoms with Crippen molar-refractivity contribution >= 4 is 27.3 Å². The molecule has 0 spiro atoms. The minimum atomic E-state index is -3.48. The Morgan fingerprint density at radius 2 is 2.06 bits per heavy atom. The Hall–Kier alpha value is -0.850. The van der Waals surface area contributed by atoms with Crippen molar-refractivity contribution in [1.29, 1.82) is 0 Å². The van der Waals surface area contributed by atoms with Gasteiger partial charge in [0.05, 0.1) is 16.5 Å². The van der Waals surface area contributed by atoms with E-state index in [9.17, 15) is 12.8 Å². The van der Waals surface area contributed by atoms with E-state index < -0.39 is 15.8 Å². The first-order chi connectivity index (χ1) is 8.44. The fourth-order valence-electron chi connectivity index (χ4n) is 1.39. The lowest BCUT2D eigenvalue weighted by Crippen LogP contribution is -2.18. The highest BCUT2D eigenvalue weighted by Crippen LogP contribution is 2.23. The molecule has 18 heavy (non-hydrogen) atoms. The second-order valence-electron chi connectivity index (χ2n) is 3.86. The van der Waals surface area contributed by atoms with Gasteiger partial charge in [-0.05, 0) is 44.6 Å². The quantitative estimate of drug-likeness (QED) is 0.758. The molecule has 0 amide bonds. The SMILES string of the molecule is CNCCCCS(=O)(=O)Nc1cc(F)ccc1Cl. The van der Waals surface area contributed by atoms with Crippen LogP contribution in [0.5, 0.6) is 0 Å². The molecule has 0 bridgehead atoms. The zero-order valence-corrected chi connectivity index (χ0v) is 11.6. The number of rotatable bonds is 7. The molecular weight excluding hydrogens is 279 g/mol. The van der Waals surface area contributed by atoms with E-state index in [0.29, 0.717) is 6.42 Å². The molecule has 0 aliphatic rings. The molecule has 0 aromatic heterocycles. The standard InChI is InChI=1S/C11H16ClFN2O2S/c1-14-6-2-3-7-18(16,17)15-11-8-9(13)4-5-10(11)12/h4-5,8,14-15H,2-3,6-7H2,1H3. The van der Waals surface area contributed by atoms with Crippen LogP contribution in [0.25, 0.3) is 0 Å². The van der Waals surface area contributed by atoms with Crippen LogP contribution in [0.3, 0.4) is 0 Å². The summed E-state index contributed by atoms with van der Waals surface area (Å²) in [6.07, 6.45) is 1.29. The molecule has 0 aliphatic heterocycles. The molecule has 2 N–H and O–H groups in total. The molecule has 1 aromatic carbocycles. The number of hydrogen-bond acceptors (Lipinski definition) is 3. The maximum atomic E-state index is 13.0. The van der Waals surface area contributed by atoms with Gasteiger partial charge in [-0.25, -0.2) is 12.8 Å². The van der Waals surface area contributed by atoms with Gasteiger partial charge in [0.15, 0.2) is 0 Å². The molecule has 0 aliphatic carbocycles. The number of benzene rings is 1. The van der Waals surface area contributed by atoms with E-state index in [-0.39, 0.29) is 16.5 Å². The second kappa shape index (κ2) is 6.92. The molecule has 7 heteroatoms. The fraction of sp³-hybridized carbons (Fsp3) is 0.455. The van der Waals surface area contributed by atoms with Crippen molar-refractivity contribution in [2.24, 2.45) is 0 Å². The number of anilines is 1. The third kappa shape index (κ3) is 5.20. The molecule has 0 heterocycles. The maximum absolute atomic E-state index is 13.0. The van der Waals surface area contributed by atoms with Crippen molar-refractivity contribution in [2.45, 2.75) is 12.8 Å². The molecule has 0 fully saturated rings. The first-order valence-electron chi connectivity index (χ1n) is 5.55. The molecule has 4 nitrogen and oxygen atoms in total. The lowest BCUT2D eigenvalue weighted by atomic mass is 10.3. The summed E-state index contributed by atoms with van der Waals surface area (Å²) < 4.78 is 38.7. The minimum absolute atomic E-state index is 0.0124. The van der Waals surface area contributed by atoms with Crippen molar-refractivity contribution in [3.63, 3.8) is 0 Å². The minimum Gasteiger partial charge on any atom is -0.320 e. The molecule has 0 unspecified atom stereocenters. The molecule has 1 aromatic rings. The summed E-state index contributed by atoms with van der Waals surface area (Å²) >= 11 is 5.78. The maximum Gasteiger partial charge on any atom is 0.232 e. The third-order valence-electron chi connectivity index (χ3n) is 2.28. The average molecular weight is 295 g/mol. The summed E-state index contributed by atoms with van der Waals surface area (Å²) in [5, 5.41) is 3.11. The van der Waals surface area contributed by atoms with Gasteiger partial charge in [0.2, 0.25) is 10.0 Å². The van der Waals surface area contributed by atoms with Crippen LogP contribution in [0.15, 0.2) is 18.2 Å². The lowest BCUT2D eigenvalue weighted by molar-refractivity contribution is 0.595. The van der Waals surface area contributed by atoms with Crippen molar-refractivity contribution in [2.75, 3.05) is 24.1 Å². The summed E-state index contributed by atoms with van der Waals surface area (Å²) in [7, 11) is -1.68. The Kier molecular flexibility index (Phi) is 5.84. The largest absolute Gasteiger partial charge is 0.320 e. The Labute approximate surface area is 112 Å². The highest BCUT2D eigenvalue weighted by molar-refractivity contribution is 7.92. The van der Waals surface area contributed by atoms with Crippen molar-refractivity contribution in [3.05, 3.63) is 29.0 Å². The van der Waals surface area contributed by atoms with Crippen molar-refractivity contribution < 1.29 is 12.8 Å². The third-order valence-corrected chi connectivity index (χ3v) is 3.97. The molecular formula is C11H16ClFN2O2S. The topological polar surface area (TPSA) is 58.2 Å². The first-order valence-corrected chi connectivity index (χ1v) is 7.58. The van der Waals surface area contributed by atoms with Gasteiger partial charge in [-0.2, -0.15) is 0 Å². The average Bonchev–Trinajstić information content (AvgIpc) is 2.29. The molecule has 0 saturated carbocycles. The predicted molar refractivity (Wildman–Crippen MR) is 72.0 cm³/mol. The Balaban J connectivity index is 2.62. The zero-order chi connectivity index (χ0) is 13.6. The smallest absolute Gasteiger partial charge is 0.232 e. The van der Waals surface area contributed by atoms with E-state index in [1.807, 2.05) is 0 Å². The van der Waals surface area contributed by atoms with Gasteiger partial charge in [-0.3, -0.25) is 4.72 Å². The number of nitrogens with one attached hydrogen (secondary N) is 2. The summed E-state index contributed by atoms with van der Waals surface area (Å²) in [5.74, 6) is -0.547. The van der Waals surface area contributed by atoms with E-state index in [4.69, 9.17) is 11.6 Å². The summed E-state index contributed by atoms with van der Waals surface area (Å²) in [4.78, 5) is 0. The fourth-order valence-corrected chi connectivity index (χ4v) is 2.80. The summed E-state index contributed by atoms with van der Waals surface area (Å²) in [5.41, 5.74) is 0.0743. The first kappa shape index (κ1) is 15.2. The summed E-state index contributed by atoms with van der Waals surface area (Å²) in [6, 6.07) is 3.55. The van der Waals surface area contributed by atoms with Gasteiger partial charge in [0.1, 0.15) is 5.82 Å². The normalized spacial score (nSPS) is 11.5. The van der Waals surface area contributed by atoms with Gasteiger partial charge >= 0.3 is 0 Å². The number of sulfonamides is 1. The van der Waals surface area contributed by atoms with Crippen molar-refractivity contribution in [3.8, 4) is 0 Å². The molecule has 0 atom stereocenters. The number of hydrogen-bond donors (Lipinski definition) is 2. The van der Waals surface area contributed by atoms with Gasteiger partial charge in [-0.1, -0.05) is 11.6 Å². The van der Waals surface area contributed by atoms with Gasteiger partial charge in [0.25, 0.3) is 0 Å². The van der Waals surface area contributed by atoms with E-state index >= 15 is 0 Å². The molecule has 0 saturated heterocycles. The Morgan fingerprint density at radius 1 is 1.33 bits per heavy atom. The Morgan fingerprint density at radius 3 is 2.72 bits per heavy atom. The van der Waals surface area contributed by atoms with E-state index in [2.05, 4.69) is 10.0 Å². The van der Waals surface area contributed by atoms with Crippen LogP contribution in [-0.2, 0) is 10.0 Å². The van der Waals surface area contributed by atoms with Crippen LogP contribution in [0.4, 0.5) is 10.1 Å². The van der Waals surface area contributed by atoms with Gasteiger partial charge < -0.3 is 5.32 Å². The second-order valence-corrected chi connectivity index (χ2v) is 6.10. The van der Waals surface area contributed by atoms with E-state index in [0.717, 1.165) is 19.0 Å². The highest BCUT2D eigenvalue weighted by Gasteiger charge is 2.12. The monoisotopic (exact) mass is 294 g/mol. The van der Waals surface area contributed by atoms with Crippen LogP contribution in [0.2, 0.25) is 5.02 Å². The van der Waals surface area contributed by atoms with Crippen LogP contribution in [0, 0.1) is 5.82 Å². The van der Waals surface area contributed by atoms with Crippen LogP contribution in [0.1, 0.15) is 12.8 Å². The van der Waals surface area contributed by atoms with Gasteiger partial charge in [-0.15, -0.1) is 0 Å². The number of halogens is 2. The van der Waals surface area contributed by atoms with Gasteiger partial charge in [0, 0.05) is 0 Å². The van der Waals surface area contributed by atoms with Crippen LogP contribution in [-0.4, -0.2) is 27.8 Å². The lowest BCUT2D eigenvalue weighted by Gasteiger charge is -2.09. The van der Waals surface area contributed by atoms with Crippen LogP contribution >= 0.6 is 11.6 Å². The summed E-state index contributed by atoms with van der Waals surface area (Å²) in [6.45, 7) is 0.760. The number of unbranched alkanes of at least 4 members (excludes halogenated alkanes) is 1. The van der Waals surface area contributed by atoms with E-state index in [1.54, 1.807) is 7.05 Å². The molecule has 102 valence electrons. The van der Waals surface area contributed by atoms with E-state index in [1.165, 1.54) is 12.1 Å². The van der Waals surface area contributed by atoms with Crippen LogP contribution < -0.4 is 10.0 Å².